The van der Waals surface area contributed by atoms with Gasteiger partial charge in [-0.3, -0.25) is 4.79 Å². The molecule has 3 nitrogen and oxygen atoms in total. The summed E-state index contributed by atoms with van der Waals surface area (Å²) in [4.78, 5) is 15.3. The lowest BCUT2D eigenvalue weighted by molar-refractivity contribution is -0.153. The molecule has 0 unspecified atom stereocenters. The Kier molecular flexibility index (Phi) is 2.35. The van der Waals surface area contributed by atoms with E-state index >= 15 is 0 Å². The Morgan fingerprint density at radius 2 is 2.29 bits per heavy atom. The van der Waals surface area contributed by atoms with Crippen LogP contribution in [0, 0.1) is 12.8 Å². The smallest absolute Gasteiger partial charge is 0.226 e. The minimum absolute atomic E-state index is 0.170. The molecule has 1 N–H and O–H groups in total. The molecule has 2 atom stereocenters. The Bertz CT molecular complexity index is 458. The van der Waals surface area contributed by atoms with Gasteiger partial charge in [-0.15, -0.1) is 11.3 Å². The van der Waals surface area contributed by atoms with Gasteiger partial charge in [0.2, 0.25) is 5.91 Å². The number of carbonyl (C=O) groups is 1. The standard InChI is InChI=1S/C13H17NO2S/c1-8-3-4-17-11(8)9-5-10(9)12(15)14-6-13(2,16)7-14/h3-4,9-10,16H,5-7H2,1-2H3/t9-,10+/m1/s1. The quantitative estimate of drug-likeness (QED) is 0.870. The predicted octanol–water partition coefficient (Wildman–Crippen LogP) is 1.75. The average molecular weight is 251 g/mol. The Balaban J connectivity index is 1.62. The molecule has 2 heterocycles. The van der Waals surface area contributed by atoms with Gasteiger partial charge in [-0.25, -0.2) is 0 Å². The molecular weight excluding hydrogens is 234 g/mol. The van der Waals surface area contributed by atoms with Crippen molar-refractivity contribution in [1.29, 1.82) is 0 Å². The SMILES string of the molecule is Cc1ccsc1[C@@H]1C[C@@H]1C(=O)N1CC(C)(O)C1. The number of nitrogens with zero attached hydrogens (tertiary/aromatic N) is 1. The molecule has 1 saturated carbocycles. The third kappa shape index (κ3) is 1.89. The number of β-amino-alcohol motifs (C(OH)–C–C–N with tert-alkyl or cyclic N) is 1. The fourth-order valence-corrected chi connectivity index (χ4v) is 3.80. The Morgan fingerprint density at radius 3 is 2.82 bits per heavy atom. The van der Waals surface area contributed by atoms with Crippen LogP contribution in [0.5, 0.6) is 0 Å². The maximum atomic E-state index is 12.1. The van der Waals surface area contributed by atoms with Crippen molar-refractivity contribution in [3.8, 4) is 0 Å². The summed E-state index contributed by atoms with van der Waals surface area (Å²) in [5.41, 5.74) is 0.657. The van der Waals surface area contributed by atoms with Gasteiger partial charge in [0.05, 0.1) is 18.7 Å². The molecule has 0 spiro atoms. The van der Waals surface area contributed by atoms with Crippen molar-refractivity contribution in [3.05, 3.63) is 21.9 Å². The third-order valence-corrected chi connectivity index (χ3v) is 4.87. The first-order valence-electron chi connectivity index (χ1n) is 6.03. The summed E-state index contributed by atoms with van der Waals surface area (Å²) >= 11 is 1.76. The number of likely N-dealkylation sites (tertiary alicyclic amines) is 1. The Labute approximate surface area is 105 Å². The second kappa shape index (κ2) is 3.56. The summed E-state index contributed by atoms with van der Waals surface area (Å²) in [7, 11) is 0. The first-order chi connectivity index (χ1) is 7.98. The first kappa shape index (κ1) is 11.2. The highest BCUT2D eigenvalue weighted by Crippen LogP contribution is 2.51. The van der Waals surface area contributed by atoms with Crippen LogP contribution in [0.1, 0.15) is 29.7 Å². The van der Waals surface area contributed by atoms with Crippen molar-refractivity contribution in [1.82, 2.24) is 4.90 Å². The Morgan fingerprint density at radius 1 is 1.59 bits per heavy atom. The summed E-state index contributed by atoms with van der Waals surface area (Å²) in [6.07, 6.45) is 0.985. The molecule has 4 heteroatoms. The van der Waals surface area contributed by atoms with Crippen molar-refractivity contribution >= 4 is 17.2 Å². The maximum absolute atomic E-state index is 12.1. The molecule has 1 saturated heterocycles. The molecule has 2 aliphatic rings. The van der Waals surface area contributed by atoms with Crippen molar-refractivity contribution in [2.24, 2.45) is 5.92 Å². The van der Waals surface area contributed by atoms with Gasteiger partial charge in [-0.05, 0) is 37.3 Å². The summed E-state index contributed by atoms with van der Waals surface area (Å²) in [5.74, 6) is 0.839. The molecule has 1 aliphatic heterocycles. The van der Waals surface area contributed by atoms with Gasteiger partial charge in [-0.2, -0.15) is 0 Å². The second-order valence-corrected chi connectivity index (χ2v) is 6.56. The number of rotatable bonds is 2. The zero-order valence-corrected chi connectivity index (χ0v) is 11.0. The van der Waals surface area contributed by atoms with E-state index in [0.29, 0.717) is 19.0 Å². The summed E-state index contributed by atoms with van der Waals surface area (Å²) < 4.78 is 0. The van der Waals surface area contributed by atoms with Gasteiger partial charge >= 0.3 is 0 Å². The lowest BCUT2D eigenvalue weighted by Crippen LogP contribution is -2.62. The fraction of sp³-hybridized carbons (Fsp3) is 0.615. The topological polar surface area (TPSA) is 40.5 Å². The molecule has 0 aromatic carbocycles. The first-order valence-corrected chi connectivity index (χ1v) is 6.91. The van der Waals surface area contributed by atoms with E-state index in [4.69, 9.17) is 0 Å². The van der Waals surface area contributed by atoms with Gasteiger partial charge in [0, 0.05) is 16.7 Å². The summed E-state index contributed by atoms with van der Waals surface area (Å²) in [5, 5.41) is 11.7. The van der Waals surface area contributed by atoms with Crippen LogP contribution >= 0.6 is 11.3 Å². The third-order valence-electron chi connectivity index (χ3n) is 3.72. The molecule has 0 radical (unpaired) electrons. The normalized spacial score (nSPS) is 29.9. The van der Waals surface area contributed by atoms with E-state index in [-0.39, 0.29) is 11.8 Å². The lowest BCUT2D eigenvalue weighted by Gasteiger charge is -2.44. The monoisotopic (exact) mass is 251 g/mol. The molecule has 1 amide bonds. The molecule has 2 fully saturated rings. The van der Waals surface area contributed by atoms with Crippen LogP contribution in [-0.2, 0) is 4.79 Å². The minimum atomic E-state index is -0.654. The fourth-order valence-electron chi connectivity index (χ4n) is 2.69. The molecule has 92 valence electrons. The number of aryl methyl sites for hydroxylation is 1. The molecule has 0 bridgehead atoms. The summed E-state index contributed by atoms with van der Waals surface area (Å²) in [6, 6.07) is 2.12. The van der Waals surface area contributed by atoms with Crippen LogP contribution in [0.15, 0.2) is 11.4 Å². The number of thiophene rings is 1. The highest BCUT2D eigenvalue weighted by atomic mass is 32.1. The molecule has 1 aromatic rings. The van der Waals surface area contributed by atoms with E-state index in [0.717, 1.165) is 6.42 Å². The second-order valence-electron chi connectivity index (χ2n) is 5.61. The minimum Gasteiger partial charge on any atom is -0.386 e. The highest BCUT2D eigenvalue weighted by Gasteiger charge is 2.50. The van der Waals surface area contributed by atoms with Crippen LogP contribution in [-0.4, -0.2) is 34.6 Å². The van der Waals surface area contributed by atoms with Crippen LogP contribution in [0.4, 0.5) is 0 Å². The van der Waals surface area contributed by atoms with Gasteiger partial charge in [0.25, 0.3) is 0 Å². The van der Waals surface area contributed by atoms with E-state index in [9.17, 15) is 9.90 Å². The van der Waals surface area contributed by atoms with Crippen LogP contribution < -0.4 is 0 Å². The highest BCUT2D eigenvalue weighted by molar-refractivity contribution is 7.10. The number of hydrogen-bond acceptors (Lipinski definition) is 3. The van der Waals surface area contributed by atoms with E-state index in [1.807, 2.05) is 0 Å². The molecule has 17 heavy (non-hydrogen) atoms. The molecular formula is C13H17NO2S. The zero-order chi connectivity index (χ0) is 12.2. The zero-order valence-electron chi connectivity index (χ0n) is 10.1. The van der Waals surface area contributed by atoms with E-state index < -0.39 is 5.60 Å². The number of carbonyl (C=O) groups excluding carboxylic acids is 1. The number of aliphatic hydroxyl groups is 1. The van der Waals surface area contributed by atoms with Crippen molar-refractivity contribution < 1.29 is 9.90 Å². The van der Waals surface area contributed by atoms with Crippen LogP contribution in [0.2, 0.25) is 0 Å². The molecule has 1 aromatic heterocycles. The van der Waals surface area contributed by atoms with Crippen molar-refractivity contribution in [2.45, 2.75) is 31.8 Å². The lowest BCUT2D eigenvalue weighted by atomic mass is 9.96. The van der Waals surface area contributed by atoms with Crippen LogP contribution in [0.25, 0.3) is 0 Å². The van der Waals surface area contributed by atoms with E-state index in [1.54, 1.807) is 23.2 Å². The molecule has 3 rings (SSSR count). The van der Waals surface area contributed by atoms with Crippen molar-refractivity contribution in [2.75, 3.05) is 13.1 Å². The van der Waals surface area contributed by atoms with Gasteiger partial charge in [0.1, 0.15) is 0 Å². The van der Waals surface area contributed by atoms with E-state index in [1.165, 1.54) is 10.4 Å². The number of hydrogen-bond donors (Lipinski definition) is 1. The number of amides is 1. The molecule has 1 aliphatic carbocycles. The largest absolute Gasteiger partial charge is 0.386 e. The van der Waals surface area contributed by atoms with Gasteiger partial charge in [0.15, 0.2) is 0 Å². The van der Waals surface area contributed by atoms with Crippen LogP contribution in [0.3, 0.4) is 0 Å². The average Bonchev–Trinajstić information content (AvgIpc) is 2.90. The predicted molar refractivity (Wildman–Crippen MR) is 67.1 cm³/mol. The summed E-state index contributed by atoms with van der Waals surface area (Å²) in [6.45, 7) is 4.89. The van der Waals surface area contributed by atoms with Crippen molar-refractivity contribution in [3.63, 3.8) is 0 Å². The van der Waals surface area contributed by atoms with Gasteiger partial charge in [-0.1, -0.05) is 0 Å². The van der Waals surface area contributed by atoms with Gasteiger partial charge < -0.3 is 10.0 Å². The van der Waals surface area contributed by atoms with E-state index in [2.05, 4.69) is 18.4 Å². The maximum Gasteiger partial charge on any atom is 0.226 e. The Hall–Kier alpha value is -0.870.